The van der Waals surface area contributed by atoms with E-state index in [4.69, 9.17) is 5.73 Å². The number of hydrogen-bond acceptors (Lipinski definition) is 2. The van der Waals surface area contributed by atoms with Gasteiger partial charge in [0.05, 0.1) is 0 Å². The summed E-state index contributed by atoms with van der Waals surface area (Å²) in [6, 6.07) is 19.4. The smallest absolute Gasteiger partial charge is 0.0390 e. The van der Waals surface area contributed by atoms with Crippen molar-refractivity contribution in [1.82, 2.24) is 0 Å². The Hall–Kier alpha value is -1.64. The molecule has 0 spiro atoms. The molecule has 3 rings (SSSR count). The van der Waals surface area contributed by atoms with Crippen molar-refractivity contribution >= 4 is 21.4 Å². The normalized spacial score (nSPS) is 12.7. The van der Waals surface area contributed by atoms with Crippen LogP contribution in [0.25, 0.3) is 10.1 Å². The molecule has 1 unspecified atom stereocenters. The quantitative estimate of drug-likeness (QED) is 0.705. The van der Waals surface area contributed by atoms with E-state index in [-0.39, 0.29) is 6.04 Å². The summed E-state index contributed by atoms with van der Waals surface area (Å²) in [6.07, 6.45) is 3.27. The van der Waals surface area contributed by atoms with E-state index in [2.05, 4.69) is 60.0 Å². The molecule has 0 saturated heterocycles. The first kappa shape index (κ1) is 13.3. The molecule has 2 N–H and O–H groups in total. The molecule has 1 nitrogen and oxygen atoms in total. The molecule has 20 heavy (non-hydrogen) atoms. The molecule has 1 heterocycles. The largest absolute Gasteiger partial charge is 0.324 e. The molecule has 0 aliphatic carbocycles. The van der Waals surface area contributed by atoms with Crippen molar-refractivity contribution < 1.29 is 0 Å². The van der Waals surface area contributed by atoms with E-state index in [1.54, 1.807) is 11.3 Å². The summed E-state index contributed by atoms with van der Waals surface area (Å²) in [5.74, 6) is 0. The molecule has 3 aromatic rings. The maximum absolute atomic E-state index is 6.39. The monoisotopic (exact) mass is 281 g/mol. The Kier molecular flexibility index (Phi) is 4.14. The highest BCUT2D eigenvalue weighted by Crippen LogP contribution is 2.30. The zero-order valence-corrected chi connectivity index (χ0v) is 12.3. The fourth-order valence-corrected chi connectivity index (χ4v) is 3.61. The molecule has 0 aliphatic heterocycles. The molecule has 102 valence electrons. The summed E-state index contributed by atoms with van der Waals surface area (Å²) in [5, 5.41) is 3.45. The lowest BCUT2D eigenvalue weighted by molar-refractivity contribution is 0.615. The van der Waals surface area contributed by atoms with E-state index in [0.29, 0.717) is 0 Å². The molecule has 2 heteroatoms. The summed E-state index contributed by atoms with van der Waals surface area (Å²) in [7, 11) is 0. The van der Waals surface area contributed by atoms with Gasteiger partial charge in [-0.2, -0.15) is 0 Å². The highest BCUT2D eigenvalue weighted by Gasteiger charge is 2.10. The van der Waals surface area contributed by atoms with Crippen LogP contribution in [0, 0.1) is 0 Å². The van der Waals surface area contributed by atoms with Gasteiger partial charge in [-0.1, -0.05) is 48.5 Å². The Morgan fingerprint density at radius 1 is 0.950 bits per heavy atom. The minimum absolute atomic E-state index is 0.140. The average Bonchev–Trinajstić information content (AvgIpc) is 2.96. The predicted octanol–water partition coefficient (Wildman–Crippen LogP) is 4.92. The first-order valence-corrected chi connectivity index (χ1v) is 7.98. The van der Waals surface area contributed by atoms with Crippen LogP contribution in [0.3, 0.4) is 0 Å². The van der Waals surface area contributed by atoms with Crippen LogP contribution in [0.15, 0.2) is 60.0 Å². The Labute approximate surface area is 124 Å². The fourth-order valence-electron chi connectivity index (χ4n) is 2.63. The zero-order chi connectivity index (χ0) is 13.8. The number of hydrogen-bond donors (Lipinski definition) is 1. The van der Waals surface area contributed by atoms with E-state index >= 15 is 0 Å². The topological polar surface area (TPSA) is 26.0 Å². The average molecular weight is 281 g/mol. The van der Waals surface area contributed by atoms with Gasteiger partial charge in [0.15, 0.2) is 0 Å². The lowest BCUT2D eigenvalue weighted by Crippen LogP contribution is -2.10. The number of nitrogens with two attached hydrogens (primary N) is 1. The molecule has 1 aromatic heterocycles. The summed E-state index contributed by atoms with van der Waals surface area (Å²) >= 11 is 1.79. The first-order valence-electron chi connectivity index (χ1n) is 7.10. The lowest BCUT2D eigenvalue weighted by atomic mass is 9.99. The Morgan fingerprint density at radius 2 is 1.80 bits per heavy atom. The highest BCUT2D eigenvalue weighted by molar-refractivity contribution is 7.17. The first-order chi connectivity index (χ1) is 9.84. The molecule has 0 fully saturated rings. The molecule has 0 amide bonds. The minimum Gasteiger partial charge on any atom is -0.324 e. The Bertz CT molecular complexity index is 672. The van der Waals surface area contributed by atoms with Gasteiger partial charge < -0.3 is 5.73 Å². The molecule has 0 aliphatic rings. The summed E-state index contributed by atoms with van der Waals surface area (Å²) in [4.78, 5) is 0. The standard InChI is InChI=1S/C18H19NS/c19-17(11-4-8-14-6-2-1-3-7-14)16-10-5-9-15-12-13-20-18(15)16/h1-3,5-7,9-10,12-13,17H,4,8,11,19H2. The molecule has 2 aromatic carbocycles. The second-order valence-corrected chi connectivity index (χ2v) is 6.09. The third kappa shape index (κ3) is 2.92. The number of thiophene rings is 1. The van der Waals surface area contributed by atoms with Gasteiger partial charge >= 0.3 is 0 Å². The fraction of sp³-hybridized carbons (Fsp3) is 0.222. The second kappa shape index (κ2) is 6.21. The van der Waals surface area contributed by atoms with Gasteiger partial charge in [-0.3, -0.25) is 0 Å². The van der Waals surface area contributed by atoms with Crippen LogP contribution >= 0.6 is 11.3 Å². The predicted molar refractivity (Wildman–Crippen MR) is 88.1 cm³/mol. The molecule has 0 bridgehead atoms. The summed E-state index contributed by atoms with van der Waals surface area (Å²) in [6.45, 7) is 0. The number of fused-ring (bicyclic) bond motifs is 1. The van der Waals surface area contributed by atoms with Gasteiger partial charge in [0, 0.05) is 10.7 Å². The zero-order valence-electron chi connectivity index (χ0n) is 11.5. The number of aryl methyl sites for hydroxylation is 1. The molecular formula is C18H19NS. The Morgan fingerprint density at radius 3 is 2.65 bits per heavy atom. The highest BCUT2D eigenvalue weighted by atomic mass is 32.1. The third-order valence-corrected chi connectivity index (χ3v) is 4.71. The van der Waals surface area contributed by atoms with Crippen LogP contribution in [0.5, 0.6) is 0 Å². The van der Waals surface area contributed by atoms with Crippen LogP contribution in [0.1, 0.15) is 30.0 Å². The van der Waals surface area contributed by atoms with Crippen LogP contribution in [-0.2, 0) is 6.42 Å². The summed E-state index contributed by atoms with van der Waals surface area (Å²) in [5.41, 5.74) is 9.09. The van der Waals surface area contributed by atoms with Crippen molar-refractivity contribution in [3.05, 3.63) is 71.1 Å². The van der Waals surface area contributed by atoms with E-state index in [1.807, 2.05) is 0 Å². The van der Waals surface area contributed by atoms with Crippen molar-refractivity contribution in [1.29, 1.82) is 0 Å². The van der Waals surface area contributed by atoms with E-state index in [9.17, 15) is 0 Å². The van der Waals surface area contributed by atoms with Crippen LogP contribution in [0.4, 0.5) is 0 Å². The van der Waals surface area contributed by atoms with Gasteiger partial charge in [0.25, 0.3) is 0 Å². The molecular weight excluding hydrogens is 262 g/mol. The van der Waals surface area contributed by atoms with E-state index in [0.717, 1.165) is 19.3 Å². The van der Waals surface area contributed by atoms with Gasteiger partial charge in [-0.25, -0.2) is 0 Å². The van der Waals surface area contributed by atoms with Gasteiger partial charge in [-0.05, 0) is 47.2 Å². The van der Waals surface area contributed by atoms with Crippen molar-refractivity contribution in [3.63, 3.8) is 0 Å². The Balaban J connectivity index is 1.64. The van der Waals surface area contributed by atoms with Gasteiger partial charge in [0.1, 0.15) is 0 Å². The number of benzene rings is 2. The maximum Gasteiger partial charge on any atom is 0.0390 e. The lowest BCUT2D eigenvalue weighted by Gasteiger charge is -2.13. The second-order valence-electron chi connectivity index (χ2n) is 5.17. The molecule has 0 radical (unpaired) electrons. The van der Waals surface area contributed by atoms with E-state index in [1.165, 1.54) is 21.2 Å². The van der Waals surface area contributed by atoms with Gasteiger partial charge in [0.2, 0.25) is 0 Å². The number of rotatable bonds is 5. The SMILES string of the molecule is NC(CCCc1ccccc1)c1cccc2ccsc12. The van der Waals surface area contributed by atoms with Crippen LogP contribution < -0.4 is 5.73 Å². The van der Waals surface area contributed by atoms with Gasteiger partial charge in [-0.15, -0.1) is 11.3 Å². The van der Waals surface area contributed by atoms with Crippen LogP contribution in [0.2, 0.25) is 0 Å². The molecule has 0 saturated carbocycles. The van der Waals surface area contributed by atoms with Crippen molar-refractivity contribution in [2.75, 3.05) is 0 Å². The van der Waals surface area contributed by atoms with Crippen molar-refractivity contribution in [2.24, 2.45) is 5.73 Å². The van der Waals surface area contributed by atoms with E-state index < -0.39 is 0 Å². The minimum atomic E-state index is 0.140. The van der Waals surface area contributed by atoms with Crippen molar-refractivity contribution in [2.45, 2.75) is 25.3 Å². The third-order valence-electron chi connectivity index (χ3n) is 3.73. The summed E-state index contributed by atoms with van der Waals surface area (Å²) < 4.78 is 1.35. The molecule has 1 atom stereocenters. The van der Waals surface area contributed by atoms with Crippen molar-refractivity contribution in [3.8, 4) is 0 Å². The van der Waals surface area contributed by atoms with Crippen LogP contribution in [-0.4, -0.2) is 0 Å². The maximum atomic E-state index is 6.39.